The van der Waals surface area contributed by atoms with Gasteiger partial charge in [0.25, 0.3) is 5.91 Å². The topological polar surface area (TPSA) is 49.6 Å². The van der Waals surface area contributed by atoms with Crippen LogP contribution in [-0.4, -0.2) is 33.3 Å². The van der Waals surface area contributed by atoms with E-state index >= 15 is 0 Å². The number of thiazole rings is 1. The lowest BCUT2D eigenvalue weighted by Gasteiger charge is -2.26. The van der Waals surface area contributed by atoms with Crippen molar-refractivity contribution in [2.75, 3.05) is 13.1 Å². The van der Waals surface area contributed by atoms with Crippen LogP contribution in [0.25, 0.3) is 15.3 Å². The predicted octanol–water partition coefficient (Wildman–Crippen LogP) is 4.53. The number of nitrogens with one attached hydrogen (secondary N) is 1. The van der Waals surface area contributed by atoms with E-state index in [2.05, 4.69) is 39.5 Å². The van der Waals surface area contributed by atoms with Crippen molar-refractivity contribution in [1.82, 2.24) is 19.6 Å². The first-order valence-corrected chi connectivity index (χ1v) is 11.4. The molecular weight excluding hydrogens is 388 g/mol. The second-order valence-corrected chi connectivity index (χ2v) is 9.21. The number of piperidine rings is 1. The molecule has 1 fully saturated rings. The normalized spacial score (nSPS) is 15.4. The monoisotopic (exact) mass is 410 g/mol. The maximum Gasteiger partial charge on any atom is 0.261 e. The zero-order valence-electron chi connectivity index (χ0n) is 15.6. The van der Waals surface area contributed by atoms with Gasteiger partial charge in [-0.25, -0.2) is 4.98 Å². The summed E-state index contributed by atoms with van der Waals surface area (Å²) in [5, 5.41) is 5.04. The minimum atomic E-state index is -0.0376. The van der Waals surface area contributed by atoms with Crippen molar-refractivity contribution in [3.63, 3.8) is 0 Å². The maximum absolute atomic E-state index is 12.5. The van der Waals surface area contributed by atoms with E-state index in [4.69, 9.17) is 0 Å². The molecule has 3 aromatic heterocycles. The van der Waals surface area contributed by atoms with Gasteiger partial charge in [0.1, 0.15) is 4.83 Å². The van der Waals surface area contributed by atoms with E-state index in [9.17, 15) is 4.79 Å². The van der Waals surface area contributed by atoms with Crippen LogP contribution < -0.4 is 5.32 Å². The van der Waals surface area contributed by atoms with Crippen molar-refractivity contribution >= 4 is 43.9 Å². The third kappa shape index (κ3) is 3.57. The number of fused-ring (bicyclic) bond motifs is 3. The van der Waals surface area contributed by atoms with Crippen LogP contribution in [0, 0.1) is 0 Å². The van der Waals surface area contributed by atoms with Gasteiger partial charge in [0, 0.05) is 24.7 Å². The number of hydrogen-bond acceptors (Lipinski definition) is 5. The first kappa shape index (κ1) is 17.8. The molecule has 1 aliphatic heterocycles. The largest absolute Gasteiger partial charge is 0.347 e. The lowest BCUT2D eigenvalue weighted by atomic mass is 10.1. The molecule has 144 valence electrons. The highest BCUT2D eigenvalue weighted by Crippen LogP contribution is 2.28. The standard InChI is InChI=1S/C21H22N4OS2/c26-19(18-12-17-20(28-18)23-21-25(17)10-11-27-21)22-13-15-4-6-16(7-5-15)14-24-8-2-1-3-9-24/h4-7,10-12H,1-3,8-9,13-14H2,(H,22,26). The van der Waals surface area contributed by atoms with E-state index < -0.39 is 0 Å². The lowest BCUT2D eigenvalue weighted by molar-refractivity contribution is 0.0955. The molecule has 7 heteroatoms. The summed E-state index contributed by atoms with van der Waals surface area (Å²) in [6.07, 6.45) is 5.99. The Morgan fingerprint density at radius 3 is 2.71 bits per heavy atom. The first-order chi connectivity index (χ1) is 13.8. The third-order valence-corrected chi connectivity index (χ3v) is 7.07. The summed E-state index contributed by atoms with van der Waals surface area (Å²) in [5.41, 5.74) is 3.48. The molecule has 1 saturated heterocycles. The number of benzene rings is 1. The Hall–Kier alpha value is -2.22. The summed E-state index contributed by atoms with van der Waals surface area (Å²) in [6, 6.07) is 10.5. The van der Waals surface area contributed by atoms with Crippen LogP contribution in [0.15, 0.2) is 41.9 Å². The smallest absolute Gasteiger partial charge is 0.261 e. The molecule has 0 bridgehead atoms. The maximum atomic E-state index is 12.5. The quantitative estimate of drug-likeness (QED) is 0.526. The van der Waals surface area contributed by atoms with Crippen LogP contribution in [0.4, 0.5) is 0 Å². The number of nitrogens with zero attached hydrogens (tertiary/aromatic N) is 3. The summed E-state index contributed by atoms with van der Waals surface area (Å²) >= 11 is 3.06. The number of carbonyl (C=O) groups excluding carboxylic acids is 1. The summed E-state index contributed by atoms with van der Waals surface area (Å²) in [7, 11) is 0. The van der Waals surface area contributed by atoms with Crippen LogP contribution in [0.2, 0.25) is 0 Å². The van der Waals surface area contributed by atoms with Gasteiger partial charge >= 0.3 is 0 Å². The van der Waals surface area contributed by atoms with E-state index in [0.717, 1.165) is 27.4 Å². The van der Waals surface area contributed by atoms with Crippen molar-refractivity contribution in [1.29, 1.82) is 0 Å². The summed E-state index contributed by atoms with van der Waals surface area (Å²) in [6.45, 7) is 3.98. The molecule has 0 spiro atoms. The minimum absolute atomic E-state index is 0.0376. The summed E-state index contributed by atoms with van der Waals surface area (Å²) in [5.74, 6) is -0.0376. The van der Waals surface area contributed by atoms with Crippen molar-refractivity contribution in [3.8, 4) is 0 Å². The Kier molecular flexibility index (Phi) is 4.88. The predicted molar refractivity (Wildman–Crippen MR) is 115 cm³/mol. The molecule has 1 aromatic carbocycles. The van der Waals surface area contributed by atoms with Gasteiger partial charge in [-0.15, -0.1) is 22.7 Å². The van der Waals surface area contributed by atoms with Crippen molar-refractivity contribution < 1.29 is 4.79 Å². The highest BCUT2D eigenvalue weighted by Gasteiger charge is 2.15. The molecule has 0 aliphatic carbocycles. The molecule has 0 radical (unpaired) electrons. The van der Waals surface area contributed by atoms with E-state index in [0.29, 0.717) is 11.4 Å². The lowest BCUT2D eigenvalue weighted by Crippen LogP contribution is -2.29. The number of likely N-dealkylation sites (tertiary alicyclic amines) is 1. The molecule has 0 unspecified atom stereocenters. The van der Waals surface area contributed by atoms with Gasteiger partial charge in [0.15, 0.2) is 4.96 Å². The Labute approximate surface area is 171 Å². The molecule has 28 heavy (non-hydrogen) atoms. The van der Waals surface area contributed by atoms with Crippen LogP contribution >= 0.6 is 22.7 Å². The Morgan fingerprint density at radius 1 is 1.11 bits per heavy atom. The number of rotatable bonds is 5. The molecule has 4 heterocycles. The van der Waals surface area contributed by atoms with E-state index in [1.807, 2.05) is 22.0 Å². The van der Waals surface area contributed by atoms with Crippen LogP contribution in [0.5, 0.6) is 0 Å². The number of imidazole rings is 1. The molecule has 4 aromatic rings. The van der Waals surface area contributed by atoms with Crippen LogP contribution in [-0.2, 0) is 13.1 Å². The van der Waals surface area contributed by atoms with Crippen LogP contribution in [0.3, 0.4) is 0 Å². The molecular formula is C21H22N4OS2. The third-order valence-electron chi connectivity index (χ3n) is 5.29. The molecule has 1 aliphatic rings. The average Bonchev–Trinajstić information content (AvgIpc) is 3.40. The number of aromatic nitrogens is 2. The van der Waals surface area contributed by atoms with Crippen molar-refractivity contribution in [2.45, 2.75) is 32.4 Å². The SMILES string of the molecule is O=C(NCc1ccc(CN2CCCCC2)cc1)c1cc2c(nc3sccn32)s1. The Bertz CT molecular complexity index is 1100. The molecule has 5 rings (SSSR count). The van der Waals surface area contributed by atoms with Gasteiger partial charge in [-0.1, -0.05) is 30.7 Å². The van der Waals surface area contributed by atoms with Gasteiger partial charge in [0.05, 0.1) is 10.4 Å². The zero-order chi connectivity index (χ0) is 18.9. The van der Waals surface area contributed by atoms with E-state index in [-0.39, 0.29) is 5.91 Å². The zero-order valence-corrected chi connectivity index (χ0v) is 17.2. The molecule has 1 amide bonds. The minimum Gasteiger partial charge on any atom is -0.347 e. The second kappa shape index (κ2) is 7.66. The number of thiophene rings is 1. The first-order valence-electron chi connectivity index (χ1n) is 9.70. The fraction of sp³-hybridized carbons (Fsp3) is 0.333. The fourth-order valence-corrected chi connectivity index (χ4v) is 5.48. The van der Waals surface area contributed by atoms with E-state index in [1.165, 1.54) is 49.3 Å². The molecule has 0 saturated carbocycles. The van der Waals surface area contributed by atoms with Gasteiger partial charge in [0.2, 0.25) is 0 Å². The average molecular weight is 411 g/mol. The van der Waals surface area contributed by atoms with Gasteiger partial charge in [-0.2, -0.15) is 0 Å². The van der Waals surface area contributed by atoms with Crippen molar-refractivity contribution in [3.05, 3.63) is 57.9 Å². The Morgan fingerprint density at radius 2 is 1.89 bits per heavy atom. The molecule has 1 N–H and O–H groups in total. The summed E-state index contributed by atoms with van der Waals surface area (Å²) < 4.78 is 2.04. The van der Waals surface area contributed by atoms with Gasteiger partial charge in [-0.3, -0.25) is 14.1 Å². The Balaban J connectivity index is 1.20. The highest BCUT2D eigenvalue weighted by atomic mass is 32.1. The fourth-order valence-electron chi connectivity index (χ4n) is 3.77. The number of amides is 1. The number of carbonyl (C=O) groups is 1. The number of hydrogen-bond donors (Lipinski definition) is 1. The summed E-state index contributed by atoms with van der Waals surface area (Å²) in [4.78, 5) is 22.2. The van der Waals surface area contributed by atoms with E-state index in [1.54, 1.807) is 11.3 Å². The molecule has 0 atom stereocenters. The highest BCUT2D eigenvalue weighted by molar-refractivity contribution is 7.21. The van der Waals surface area contributed by atoms with Gasteiger partial charge < -0.3 is 5.32 Å². The molecule has 5 nitrogen and oxygen atoms in total. The second-order valence-electron chi connectivity index (χ2n) is 7.30. The van der Waals surface area contributed by atoms with Gasteiger partial charge in [-0.05, 0) is 43.1 Å². The van der Waals surface area contributed by atoms with Crippen molar-refractivity contribution in [2.24, 2.45) is 0 Å². The van der Waals surface area contributed by atoms with Crippen LogP contribution in [0.1, 0.15) is 40.1 Å².